The third-order valence-electron chi connectivity index (χ3n) is 3.23. The van der Waals surface area contributed by atoms with Crippen molar-refractivity contribution in [1.29, 1.82) is 0 Å². The highest BCUT2D eigenvalue weighted by Gasteiger charge is 2.38. The summed E-state index contributed by atoms with van der Waals surface area (Å²) in [6, 6.07) is 0.130. The lowest BCUT2D eigenvalue weighted by atomic mass is 9.99. The van der Waals surface area contributed by atoms with Gasteiger partial charge >= 0.3 is 0 Å². The second-order valence-corrected chi connectivity index (χ2v) is 7.05. The summed E-state index contributed by atoms with van der Waals surface area (Å²) in [5.74, 6) is 0.767. The van der Waals surface area contributed by atoms with Crippen LogP contribution in [0.4, 0.5) is 5.95 Å². The number of hydrogen-bond donors (Lipinski definition) is 1. The molecule has 2 heterocycles. The molecule has 112 valence electrons. The van der Waals surface area contributed by atoms with Crippen molar-refractivity contribution in [3.63, 3.8) is 0 Å². The van der Waals surface area contributed by atoms with Gasteiger partial charge < -0.3 is 15.4 Å². The molecule has 1 fully saturated rings. The second-order valence-electron chi connectivity index (χ2n) is 7.05. The van der Waals surface area contributed by atoms with Gasteiger partial charge in [0.1, 0.15) is 0 Å². The van der Waals surface area contributed by atoms with Crippen LogP contribution in [0.15, 0.2) is 12.4 Å². The first kappa shape index (κ1) is 15.2. The van der Waals surface area contributed by atoms with E-state index in [2.05, 4.69) is 42.6 Å². The molecule has 0 bridgehead atoms. The molecule has 20 heavy (non-hydrogen) atoms. The Morgan fingerprint density at radius 2 is 1.70 bits per heavy atom. The van der Waals surface area contributed by atoms with Crippen molar-refractivity contribution in [2.45, 2.75) is 58.3 Å². The van der Waals surface area contributed by atoms with E-state index in [-0.39, 0.29) is 17.2 Å². The number of anilines is 1. The molecule has 0 saturated carbocycles. The molecular weight excluding hydrogens is 252 g/mol. The van der Waals surface area contributed by atoms with Gasteiger partial charge in [-0.2, -0.15) is 0 Å². The number of aromatic nitrogens is 2. The Morgan fingerprint density at radius 1 is 1.20 bits per heavy atom. The summed E-state index contributed by atoms with van der Waals surface area (Å²) in [6.45, 7) is 12.0. The van der Waals surface area contributed by atoms with Gasteiger partial charge in [0.15, 0.2) is 0 Å². The van der Waals surface area contributed by atoms with Crippen LogP contribution in [0.3, 0.4) is 0 Å². The molecule has 0 aliphatic carbocycles. The first-order chi connectivity index (χ1) is 9.17. The van der Waals surface area contributed by atoms with E-state index in [4.69, 9.17) is 10.5 Å². The van der Waals surface area contributed by atoms with Gasteiger partial charge in [0.25, 0.3) is 0 Å². The maximum Gasteiger partial charge on any atom is 0.225 e. The quantitative estimate of drug-likeness (QED) is 0.912. The van der Waals surface area contributed by atoms with E-state index in [0.717, 1.165) is 31.0 Å². The van der Waals surface area contributed by atoms with Crippen molar-refractivity contribution in [2.75, 3.05) is 18.0 Å². The molecule has 2 N–H and O–H groups in total. The Bertz CT molecular complexity index is 437. The summed E-state index contributed by atoms with van der Waals surface area (Å²) < 4.78 is 6.08. The lowest BCUT2D eigenvalue weighted by molar-refractivity contribution is -0.133. The summed E-state index contributed by atoms with van der Waals surface area (Å²) in [5.41, 5.74) is 6.48. The van der Waals surface area contributed by atoms with Gasteiger partial charge in [-0.25, -0.2) is 9.97 Å². The highest BCUT2D eigenvalue weighted by atomic mass is 16.5. The van der Waals surface area contributed by atoms with Crippen molar-refractivity contribution in [1.82, 2.24) is 9.97 Å². The van der Waals surface area contributed by atoms with Gasteiger partial charge in [-0.15, -0.1) is 0 Å². The fourth-order valence-corrected chi connectivity index (χ4v) is 2.92. The standard InChI is InChI=1S/C15H26N4O/c1-11(16)6-12-7-17-13(18-8-12)19-9-14(2,3)20-15(4,5)10-19/h7-8,11H,6,9-10,16H2,1-5H3. The van der Waals surface area contributed by atoms with Crippen LogP contribution in [-0.4, -0.2) is 40.3 Å². The van der Waals surface area contributed by atoms with Crippen LogP contribution >= 0.6 is 0 Å². The lowest BCUT2D eigenvalue weighted by Crippen LogP contribution is -2.57. The first-order valence-corrected chi connectivity index (χ1v) is 7.18. The maximum absolute atomic E-state index is 6.08. The van der Waals surface area contributed by atoms with Crippen LogP contribution in [0.1, 0.15) is 40.2 Å². The highest BCUT2D eigenvalue weighted by molar-refractivity contribution is 5.33. The monoisotopic (exact) mass is 278 g/mol. The molecule has 0 aromatic carbocycles. The van der Waals surface area contributed by atoms with Gasteiger partial charge in [0.05, 0.1) is 11.2 Å². The van der Waals surface area contributed by atoms with Gasteiger partial charge in [0.2, 0.25) is 5.95 Å². The molecular formula is C15H26N4O. The first-order valence-electron chi connectivity index (χ1n) is 7.18. The molecule has 1 aliphatic rings. The smallest absolute Gasteiger partial charge is 0.225 e. The van der Waals surface area contributed by atoms with Crippen molar-refractivity contribution >= 4 is 5.95 Å². The zero-order valence-corrected chi connectivity index (χ0v) is 13.2. The number of morpholine rings is 1. The minimum absolute atomic E-state index is 0.130. The van der Waals surface area contributed by atoms with Crippen LogP contribution < -0.4 is 10.6 Å². The molecule has 1 unspecified atom stereocenters. The third-order valence-corrected chi connectivity index (χ3v) is 3.23. The number of nitrogens with two attached hydrogens (primary N) is 1. The molecule has 0 amide bonds. The second kappa shape index (κ2) is 5.30. The molecule has 1 saturated heterocycles. The van der Waals surface area contributed by atoms with Crippen LogP contribution in [0.5, 0.6) is 0 Å². The molecule has 1 aromatic heterocycles. The average Bonchev–Trinajstić information content (AvgIpc) is 2.24. The van der Waals surface area contributed by atoms with E-state index in [1.54, 1.807) is 0 Å². The Kier molecular flexibility index (Phi) is 4.02. The van der Waals surface area contributed by atoms with Crippen LogP contribution in [0.25, 0.3) is 0 Å². The van der Waals surface area contributed by atoms with Gasteiger partial charge in [-0.1, -0.05) is 0 Å². The molecule has 5 heteroatoms. The number of hydrogen-bond acceptors (Lipinski definition) is 5. The Morgan fingerprint density at radius 3 is 2.15 bits per heavy atom. The molecule has 1 aliphatic heterocycles. The SMILES string of the molecule is CC(N)Cc1cnc(N2CC(C)(C)OC(C)(C)C2)nc1. The van der Waals surface area contributed by atoms with Crippen LogP contribution in [0.2, 0.25) is 0 Å². The molecule has 0 spiro atoms. The average molecular weight is 278 g/mol. The normalized spacial score (nSPS) is 22.6. The van der Waals surface area contributed by atoms with Gasteiger partial charge in [-0.05, 0) is 46.6 Å². The molecule has 5 nitrogen and oxygen atoms in total. The number of ether oxygens (including phenoxy) is 1. The summed E-state index contributed by atoms with van der Waals surface area (Å²) in [4.78, 5) is 11.2. The van der Waals surface area contributed by atoms with E-state index < -0.39 is 0 Å². The fraction of sp³-hybridized carbons (Fsp3) is 0.733. The fourth-order valence-electron chi connectivity index (χ4n) is 2.92. The topological polar surface area (TPSA) is 64.3 Å². The lowest BCUT2D eigenvalue weighted by Gasteiger charge is -2.47. The summed E-state index contributed by atoms with van der Waals surface area (Å²) in [7, 11) is 0. The zero-order valence-electron chi connectivity index (χ0n) is 13.2. The van der Waals surface area contributed by atoms with Crippen molar-refractivity contribution in [2.24, 2.45) is 5.73 Å². The summed E-state index contributed by atoms with van der Waals surface area (Å²) >= 11 is 0. The molecule has 1 atom stereocenters. The van der Waals surface area contributed by atoms with E-state index in [0.29, 0.717) is 0 Å². The predicted molar refractivity (Wildman–Crippen MR) is 80.8 cm³/mol. The minimum atomic E-state index is -0.199. The van der Waals surface area contributed by atoms with E-state index in [1.165, 1.54) is 0 Å². The zero-order chi connectivity index (χ0) is 15.0. The van der Waals surface area contributed by atoms with E-state index >= 15 is 0 Å². The number of rotatable bonds is 3. The molecule has 2 rings (SSSR count). The third kappa shape index (κ3) is 3.90. The van der Waals surface area contributed by atoms with Crippen LogP contribution in [0, 0.1) is 0 Å². The van der Waals surface area contributed by atoms with Crippen molar-refractivity contribution in [3.05, 3.63) is 18.0 Å². The van der Waals surface area contributed by atoms with Gasteiger partial charge in [-0.3, -0.25) is 0 Å². The number of nitrogens with zero attached hydrogens (tertiary/aromatic N) is 3. The minimum Gasteiger partial charge on any atom is -0.366 e. The highest BCUT2D eigenvalue weighted by Crippen LogP contribution is 2.29. The molecule has 1 aromatic rings. The largest absolute Gasteiger partial charge is 0.366 e. The van der Waals surface area contributed by atoms with E-state index in [9.17, 15) is 0 Å². The Balaban J connectivity index is 2.14. The predicted octanol–water partition coefficient (Wildman–Crippen LogP) is 1.76. The van der Waals surface area contributed by atoms with E-state index in [1.807, 2.05) is 19.3 Å². The summed E-state index contributed by atoms with van der Waals surface area (Å²) in [6.07, 6.45) is 4.56. The molecule has 0 radical (unpaired) electrons. The summed E-state index contributed by atoms with van der Waals surface area (Å²) in [5, 5.41) is 0. The van der Waals surface area contributed by atoms with Crippen molar-refractivity contribution in [3.8, 4) is 0 Å². The maximum atomic E-state index is 6.08. The Hall–Kier alpha value is -1.20. The van der Waals surface area contributed by atoms with Crippen LogP contribution in [-0.2, 0) is 11.2 Å². The van der Waals surface area contributed by atoms with Gasteiger partial charge in [0, 0.05) is 31.5 Å². The Labute approximate surface area is 121 Å². The van der Waals surface area contributed by atoms with Crippen molar-refractivity contribution < 1.29 is 4.74 Å².